The molecule has 3 rings (SSSR count). The molecule has 1 fully saturated rings. The van der Waals surface area contributed by atoms with E-state index in [4.69, 9.17) is 5.73 Å². The lowest BCUT2D eigenvalue weighted by Crippen LogP contribution is -2.40. The van der Waals surface area contributed by atoms with Crippen molar-refractivity contribution >= 4 is 16.9 Å². The number of hydrogen-bond acceptors (Lipinski definition) is 4. The number of H-pyrrole nitrogens is 1. The van der Waals surface area contributed by atoms with Crippen LogP contribution in [0.25, 0.3) is 11.0 Å². The summed E-state index contributed by atoms with van der Waals surface area (Å²) in [4.78, 5) is 33.5. The smallest absolute Gasteiger partial charge is 0.270 e. The Balaban J connectivity index is 1.69. The number of carbonyl (C=O) groups excluding carboxylic acids is 1. The lowest BCUT2D eigenvalue weighted by molar-refractivity contribution is -0.131. The van der Waals surface area contributed by atoms with Crippen molar-refractivity contribution in [3.05, 3.63) is 40.3 Å². The van der Waals surface area contributed by atoms with Crippen LogP contribution in [0.1, 0.15) is 31.4 Å². The van der Waals surface area contributed by atoms with Crippen LogP contribution in [-0.4, -0.2) is 39.9 Å². The minimum absolute atomic E-state index is 0.0525. The van der Waals surface area contributed by atoms with E-state index >= 15 is 0 Å². The van der Waals surface area contributed by atoms with Crippen LogP contribution in [0.3, 0.4) is 0 Å². The quantitative estimate of drug-likeness (QED) is 0.890. The number of aromatic amines is 1. The fourth-order valence-corrected chi connectivity index (χ4v) is 3.02. The predicted molar refractivity (Wildman–Crippen MR) is 89.1 cm³/mol. The minimum Gasteiger partial charge on any atom is -0.341 e. The van der Waals surface area contributed by atoms with Crippen LogP contribution in [-0.2, 0) is 11.2 Å². The molecule has 23 heavy (non-hydrogen) atoms. The second-order valence-corrected chi connectivity index (χ2v) is 6.13. The van der Waals surface area contributed by atoms with Crippen molar-refractivity contribution in [1.82, 2.24) is 14.9 Å². The average molecular weight is 314 g/mol. The molecule has 3 N–H and O–H groups in total. The van der Waals surface area contributed by atoms with Gasteiger partial charge in [-0.3, -0.25) is 9.59 Å². The fraction of sp³-hybridized carbons (Fsp3) is 0.471. The summed E-state index contributed by atoms with van der Waals surface area (Å²) in [5.41, 5.74) is 7.65. The lowest BCUT2D eigenvalue weighted by Gasteiger charge is -2.22. The number of nitrogens with one attached hydrogen (secondary N) is 1. The van der Waals surface area contributed by atoms with E-state index in [2.05, 4.69) is 9.97 Å². The highest BCUT2D eigenvalue weighted by Gasteiger charge is 2.20. The molecule has 0 bridgehead atoms. The first-order valence-electron chi connectivity index (χ1n) is 8.15. The van der Waals surface area contributed by atoms with Gasteiger partial charge in [0.15, 0.2) is 0 Å². The number of para-hydroxylation sites is 2. The number of amides is 1. The molecule has 1 amide bonds. The van der Waals surface area contributed by atoms with Gasteiger partial charge in [0.1, 0.15) is 5.69 Å². The summed E-state index contributed by atoms with van der Waals surface area (Å²) in [7, 11) is 0. The largest absolute Gasteiger partial charge is 0.341 e. The van der Waals surface area contributed by atoms with Crippen LogP contribution in [0.15, 0.2) is 29.1 Å². The molecule has 0 unspecified atom stereocenters. The molecule has 1 aliphatic heterocycles. The average Bonchev–Trinajstić information content (AvgIpc) is 2.77. The van der Waals surface area contributed by atoms with E-state index in [-0.39, 0.29) is 17.5 Å². The standard InChI is InChI=1S/C17H22N4O2/c18-12-5-3-4-10-21(11-12)16(22)9-8-15-17(23)20-14-7-2-1-6-13(14)19-15/h1-2,6-7,12H,3-5,8-11,18H2,(H,20,23)/t12-/m0/s1. The minimum atomic E-state index is -0.218. The van der Waals surface area contributed by atoms with E-state index in [9.17, 15) is 9.59 Å². The second-order valence-electron chi connectivity index (χ2n) is 6.13. The lowest BCUT2D eigenvalue weighted by atomic mass is 10.1. The van der Waals surface area contributed by atoms with Crippen molar-refractivity contribution in [2.24, 2.45) is 5.73 Å². The van der Waals surface area contributed by atoms with Gasteiger partial charge in [0.2, 0.25) is 5.91 Å². The van der Waals surface area contributed by atoms with E-state index in [0.29, 0.717) is 30.6 Å². The van der Waals surface area contributed by atoms with Gasteiger partial charge in [-0.05, 0) is 25.0 Å². The highest BCUT2D eigenvalue weighted by atomic mass is 16.2. The van der Waals surface area contributed by atoms with Crippen molar-refractivity contribution in [3.8, 4) is 0 Å². The molecule has 6 nitrogen and oxygen atoms in total. The van der Waals surface area contributed by atoms with Gasteiger partial charge in [-0.15, -0.1) is 0 Å². The number of aromatic nitrogens is 2. The zero-order valence-corrected chi connectivity index (χ0v) is 13.1. The van der Waals surface area contributed by atoms with Gasteiger partial charge in [-0.25, -0.2) is 4.98 Å². The maximum absolute atomic E-state index is 12.4. The Labute approximate surface area is 134 Å². The third-order valence-electron chi connectivity index (χ3n) is 4.31. The number of rotatable bonds is 3. The van der Waals surface area contributed by atoms with Crippen molar-refractivity contribution in [2.75, 3.05) is 13.1 Å². The summed E-state index contributed by atoms with van der Waals surface area (Å²) in [5, 5.41) is 0. The van der Waals surface area contributed by atoms with Gasteiger partial charge < -0.3 is 15.6 Å². The van der Waals surface area contributed by atoms with Crippen molar-refractivity contribution in [2.45, 2.75) is 38.1 Å². The van der Waals surface area contributed by atoms with Gasteiger partial charge >= 0.3 is 0 Å². The van der Waals surface area contributed by atoms with Gasteiger partial charge in [0, 0.05) is 32.0 Å². The third-order valence-corrected chi connectivity index (χ3v) is 4.31. The summed E-state index contributed by atoms with van der Waals surface area (Å²) in [5.74, 6) is 0.0525. The highest BCUT2D eigenvalue weighted by molar-refractivity contribution is 5.77. The van der Waals surface area contributed by atoms with Crippen molar-refractivity contribution in [3.63, 3.8) is 0 Å². The molecule has 0 aliphatic carbocycles. The first-order valence-corrected chi connectivity index (χ1v) is 8.15. The first-order chi connectivity index (χ1) is 11.1. The number of likely N-dealkylation sites (tertiary alicyclic amines) is 1. The van der Waals surface area contributed by atoms with Crippen LogP contribution in [0.4, 0.5) is 0 Å². The number of nitrogens with zero attached hydrogens (tertiary/aromatic N) is 2. The molecular weight excluding hydrogens is 292 g/mol. The number of nitrogens with two attached hydrogens (primary N) is 1. The Morgan fingerprint density at radius 3 is 3.04 bits per heavy atom. The molecule has 0 saturated carbocycles. The molecule has 2 heterocycles. The third kappa shape index (κ3) is 3.76. The number of aryl methyl sites for hydroxylation is 1. The monoisotopic (exact) mass is 314 g/mol. The summed E-state index contributed by atoms with van der Waals surface area (Å²) in [6, 6.07) is 7.46. The molecule has 1 atom stereocenters. The van der Waals surface area contributed by atoms with E-state index < -0.39 is 0 Å². The predicted octanol–water partition coefficient (Wildman–Crippen LogP) is 1.20. The fourth-order valence-electron chi connectivity index (χ4n) is 3.02. The van der Waals surface area contributed by atoms with Gasteiger partial charge in [-0.1, -0.05) is 18.6 Å². The molecule has 1 aromatic heterocycles. The first kappa shape index (κ1) is 15.7. The van der Waals surface area contributed by atoms with Gasteiger partial charge in [0.25, 0.3) is 5.56 Å². The molecule has 2 aromatic rings. The summed E-state index contributed by atoms with van der Waals surface area (Å²) < 4.78 is 0. The molecule has 6 heteroatoms. The highest BCUT2D eigenvalue weighted by Crippen LogP contribution is 2.12. The molecule has 0 spiro atoms. The van der Waals surface area contributed by atoms with Crippen molar-refractivity contribution in [1.29, 1.82) is 0 Å². The molecule has 1 aromatic carbocycles. The SMILES string of the molecule is N[C@H]1CCCCN(C(=O)CCc2nc3ccccc3[nH]c2=O)C1. The summed E-state index contributed by atoms with van der Waals surface area (Å²) in [6.07, 6.45) is 3.67. The Hall–Kier alpha value is -2.21. The van der Waals surface area contributed by atoms with Gasteiger partial charge in [-0.2, -0.15) is 0 Å². The summed E-state index contributed by atoms with van der Waals surface area (Å²) >= 11 is 0. The second kappa shape index (κ2) is 6.91. The van der Waals surface area contributed by atoms with Crippen molar-refractivity contribution < 1.29 is 4.79 Å². The Morgan fingerprint density at radius 1 is 1.35 bits per heavy atom. The van der Waals surface area contributed by atoms with E-state index in [0.717, 1.165) is 31.3 Å². The van der Waals surface area contributed by atoms with Crippen LogP contribution < -0.4 is 11.3 Å². The van der Waals surface area contributed by atoms with E-state index in [1.165, 1.54) is 0 Å². The van der Waals surface area contributed by atoms with Crippen LogP contribution in [0.5, 0.6) is 0 Å². The molecule has 0 radical (unpaired) electrons. The number of fused-ring (bicyclic) bond motifs is 1. The Morgan fingerprint density at radius 2 is 2.17 bits per heavy atom. The molecule has 122 valence electrons. The Bertz CT molecular complexity index is 756. The zero-order chi connectivity index (χ0) is 16.2. The summed E-state index contributed by atoms with van der Waals surface area (Å²) in [6.45, 7) is 1.37. The van der Waals surface area contributed by atoms with Crippen LogP contribution in [0.2, 0.25) is 0 Å². The number of hydrogen-bond donors (Lipinski definition) is 2. The van der Waals surface area contributed by atoms with Gasteiger partial charge in [0.05, 0.1) is 11.0 Å². The van der Waals surface area contributed by atoms with E-state index in [1.807, 2.05) is 29.2 Å². The van der Waals surface area contributed by atoms with Crippen LogP contribution in [0, 0.1) is 0 Å². The molecular formula is C17H22N4O2. The van der Waals surface area contributed by atoms with E-state index in [1.54, 1.807) is 0 Å². The molecule has 1 aliphatic rings. The maximum Gasteiger partial charge on any atom is 0.270 e. The number of benzene rings is 1. The maximum atomic E-state index is 12.4. The topological polar surface area (TPSA) is 92.1 Å². The van der Waals surface area contributed by atoms with Crippen LogP contribution >= 0.6 is 0 Å². The zero-order valence-electron chi connectivity index (χ0n) is 13.1. The molecule has 1 saturated heterocycles. The Kier molecular flexibility index (Phi) is 4.71. The number of carbonyl (C=O) groups is 1. The normalized spacial score (nSPS) is 18.8.